The number of carbonyl (C=O) groups excluding carboxylic acids is 2. The minimum absolute atomic E-state index is 0.0514. The summed E-state index contributed by atoms with van der Waals surface area (Å²) in [6, 6.07) is 15.2. The van der Waals surface area contributed by atoms with Gasteiger partial charge in [-0.1, -0.05) is 18.2 Å². The lowest BCUT2D eigenvalue weighted by molar-refractivity contribution is 0.0727. The molecule has 0 saturated heterocycles. The van der Waals surface area contributed by atoms with Crippen molar-refractivity contribution in [3.05, 3.63) is 88.9 Å². The minimum Gasteiger partial charge on any atom is -0.496 e. The average molecular weight is 420 g/mol. The van der Waals surface area contributed by atoms with Gasteiger partial charge in [-0.2, -0.15) is 0 Å². The lowest BCUT2D eigenvalue weighted by atomic mass is 10.1. The summed E-state index contributed by atoms with van der Waals surface area (Å²) in [7, 11) is 2.87. The summed E-state index contributed by atoms with van der Waals surface area (Å²) in [6.07, 6.45) is 1.46. The van der Waals surface area contributed by atoms with Crippen LogP contribution in [0.2, 0.25) is 0 Å². The molecule has 0 aliphatic carbocycles. The van der Waals surface area contributed by atoms with E-state index >= 15 is 0 Å². The largest absolute Gasteiger partial charge is 0.496 e. The third-order valence-electron chi connectivity index (χ3n) is 4.63. The number of esters is 1. The summed E-state index contributed by atoms with van der Waals surface area (Å²) in [5.74, 6) is -0.373. The normalized spacial score (nSPS) is 13.5. The second-order valence-corrected chi connectivity index (χ2v) is 6.58. The third kappa shape index (κ3) is 3.98. The number of carbonyl (C=O) groups is 2. The van der Waals surface area contributed by atoms with E-state index in [0.717, 1.165) is 0 Å². The van der Waals surface area contributed by atoms with Crippen LogP contribution in [0.15, 0.2) is 66.4 Å². The number of halogens is 1. The zero-order valence-electron chi connectivity index (χ0n) is 16.7. The van der Waals surface area contributed by atoms with Crippen LogP contribution < -0.4 is 18.9 Å². The number of ketones is 1. The first kappa shape index (κ1) is 20.2. The summed E-state index contributed by atoms with van der Waals surface area (Å²) in [5, 5.41) is 0. The molecule has 0 atom stereocenters. The quantitative estimate of drug-likeness (QED) is 0.339. The number of benzene rings is 3. The molecule has 7 heteroatoms. The highest BCUT2D eigenvalue weighted by molar-refractivity contribution is 6.14. The molecule has 0 unspecified atom stereocenters. The van der Waals surface area contributed by atoms with Gasteiger partial charge in [-0.05, 0) is 48.0 Å². The van der Waals surface area contributed by atoms with Crippen LogP contribution in [0.3, 0.4) is 0 Å². The first-order chi connectivity index (χ1) is 15.0. The standard InChI is InChI=1S/C24H17FO6/c1-28-18-7-4-8-19(29-2)22(18)24(27)30-16-9-10-17-20(13-16)31-21(23(17)26)12-14-5-3-6-15(25)11-14/h3-13H,1-2H3. The van der Waals surface area contributed by atoms with Crippen LogP contribution in [0.1, 0.15) is 26.3 Å². The Hall–Kier alpha value is -4.13. The minimum atomic E-state index is -0.686. The molecule has 4 rings (SSSR count). The summed E-state index contributed by atoms with van der Waals surface area (Å²) in [5.41, 5.74) is 0.945. The lowest BCUT2D eigenvalue weighted by Gasteiger charge is -2.12. The van der Waals surface area contributed by atoms with Gasteiger partial charge < -0.3 is 18.9 Å². The van der Waals surface area contributed by atoms with Crippen molar-refractivity contribution in [3.8, 4) is 23.0 Å². The van der Waals surface area contributed by atoms with Crippen molar-refractivity contribution in [2.24, 2.45) is 0 Å². The molecule has 1 aliphatic rings. The highest BCUT2D eigenvalue weighted by atomic mass is 19.1. The Morgan fingerprint density at radius 3 is 2.35 bits per heavy atom. The van der Waals surface area contributed by atoms with Gasteiger partial charge in [0.15, 0.2) is 5.76 Å². The SMILES string of the molecule is COc1cccc(OC)c1C(=O)Oc1ccc2c(c1)OC(=Cc1cccc(F)c1)C2=O. The van der Waals surface area contributed by atoms with Gasteiger partial charge in [0.1, 0.15) is 34.4 Å². The molecule has 0 aromatic heterocycles. The van der Waals surface area contributed by atoms with Gasteiger partial charge in [-0.3, -0.25) is 4.79 Å². The molecule has 1 aliphatic heterocycles. The van der Waals surface area contributed by atoms with Gasteiger partial charge in [-0.25, -0.2) is 9.18 Å². The second-order valence-electron chi connectivity index (χ2n) is 6.58. The fraction of sp³-hybridized carbons (Fsp3) is 0.0833. The predicted octanol–water partition coefficient (Wildman–Crippen LogP) is 4.68. The molecular formula is C24H17FO6. The van der Waals surface area contributed by atoms with E-state index in [2.05, 4.69) is 0 Å². The fourth-order valence-corrected chi connectivity index (χ4v) is 3.19. The van der Waals surface area contributed by atoms with Crippen LogP contribution in [-0.4, -0.2) is 26.0 Å². The van der Waals surface area contributed by atoms with E-state index in [9.17, 15) is 14.0 Å². The molecule has 0 N–H and O–H groups in total. The fourth-order valence-electron chi connectivity index (χ4n) is 3.19. The summed E-state index contributed by atoms with van der Waals surface area (Å²) >= 11 is 0. The number of hydrogen-bond donors (Lipinski definition) is 0. The first-order valence-corrected chi connectivity index (χ1v) is 9.27. The Labute approximate surface area is 177 Å². The van der Waals surface area contributed by atoms with Crippen molar-refractivity contribution in [2.75, 3.05) is 14.2 Å². The van der Waals surface area contributed by atoms with E-state index < -0.39 is 11.8 Å². The molecular weight excluding hydrogens is 403 g/mol. The Balaban J connectivity index is 1.59. The van der Waals surface area contributed by atoms with E-state index in [1.54, 1.807) is 24.3 Å². The Morgan fingerprint density at radius 1 is 0.968 bits per heavy atom. The average Bonchev–Trinajstić information content (AvgIpc) is 3.07. The topological polar surface area (TPSA) is 71.1 Å². The zero-order valence-corrected chi connectivity index (χ0v) is 16.7. The van der Waals surface area contributed by atoms with Crippen molar-refractivity contribution in [2.45, 2.75) is 0 Å². The van der Waals surface area contributed by atoms with Crippen LogP contribution in [0.4, 0.5) is 4.39 Å². The van der Waals surface area contributed by atoms with Crippen LogP contribution in [0, 0.1) is 5.82 Å². The smallest absolute Gasteiger partial charge is 0.351 e. The molecule has 1 heterocycles. The molecule has 3 aromatic rings. The second kappa shape index (κ2) is 8.31. The number of allylic oxidation sites excluding steroid dienone is 1. The van der Waals surface area contributed by atoms with E-state index in [-0.39, 0.29) is 28.6 Å². The van der Waals surface area contributed by atoms with E-state index in [4.69, 9.17) is 18.9 Å². The Morgan fingerprint density at radius 2 is 1.68 bits per heavy atom. The van der Waals surface area contributed by atoms with E-state index in [1.165, 1.54) is 56.7 Å². The van der Waals surface area contributed by atoms with E-state index in [1.807, 2.05) is 0 Å². The molecule has 0 saturated carbocycles. The monoisotopic (exact) mass is 420 g/mol. The van der Waals surface area contributed by atoms with Crippen LogP contribution in [0.25, 0.3) is 6.08 Å². The predicted molar refractivity (Wildman–Crippen MR) is 110 cm³/mol. The Bertz CT molecular complexity index is 1190. The number of fused-ring (bicyclic) bond motifs is 1. The maximum Gasteiger partial charge on any atom is 0.351 e. The number of rotatable bonds is 5. The molecule has 6 nitrogen and oxygen atoms in total. The third-order valence-corrected chi connectivity index (χ3v) is 4.63. The van der Waals surface area contributed by atoms with Crippen molar-refractivity contribution >= 4 is 17.8 Å². The number of ether oxygens (including phenoxy) is 4. The maximum atomic E-state index is 13.4. The highest BCUT2D eigenvalue weighted by Crippen LogP contribution is 2.36. The number of Topliss-reactive ketones (excluding diaryl/α,β-unsaturated/α-hetero) is 1. The molecule has 0 spiro atoms. The molecule has 0 amide bonds. The summed E-state index contributed by atoms with van der Waals surface area (Å²) < 4.78 is 34.9. The number of methoxy groups -OCH3 is 2. The van der Waals surface area contributed by atoms with E-state index in [0.29, 0.717) is 22.6 Å². The van der Waals surface area contributed by atoms with Gasteiger partial charge >= 0.3 is 5.97 Å². The number of hydrogen-bond acceptors (Lipinski definition) is 6. The van der Waals surface area contributed by atoms with Crippen LogP contribution in [0.5, 0.6) is 23.0 Å². The molecule has 156 valence electrons. The van der Waals surface area contributed by atoms with Crippen LogP contribution >= 0.6 is 0 Å². The van der Waals surface area contributed by atoms with Crippen molar-refractivity contribution in [3.63, 3.8) is 0 Å². The first-order valence-electron chi connectivity index (χ1n) is 9.27. The van der Waals surface area contributed by atoms with Crippen molar-refractivity contribution in [1.29, 1.82) is 0 Å². The van der Waals surface area contributed by atoms with Crippen molar-refractivity contribution in [1.82, 2.24) is 0 Å². The van der Waals surface area contributed by atoms with Gasteiger partial charge in [0.2, 0.25) is 5.78 Å². The molecule has 31 heavy (non-hydrogen) atoms. The highest BCUT2D eigenvalue weighted by Gasteiger charge is 2.28. The van der Waals surface area contributed by atoms with Crippen LogP contribution in [-0.2, 0) is 0 Å². The van der Waals surface area contributed by atoms with Gasteiger partial charge in [0.25, 0.3) is 0 Å². The van der Waals surface area contributed by atoms with Gasteiger partial charge in [0, 0.05) is 6.07 Å². The van der Waals surface area contributed by atoms with Gasteiger partial charge in [0.05, 0.1) is 19.8 Å². The summed E-state index contributed by atoms with van der Waals surface area (Å²) in [4.78, 5) is 25.3. The molecule has 0 fully saturated rings. The van der Waals surface area contributed by atoms with Gasteiger partial charge in [-0.15, -0.1) is 0 Å². The van der Waals surface area contributed by atoms with Crippen molar-refractivity contribution < 1.29 is 32.9 Å². The Kier molecular flexibility index (Phi) is 5.41. The molecule has 0 radical (unpaired) electrons. The zero-order chi connectivity index (χ0) is 22.0. The maximum absolute atomic E-state index is 13.4. The molecule has 3 aromatic carbocycles. The lowest BCUT2D eigenvalue weighted by Crippen LogP contribution is -2.12. The molecule has 0 bridgehead atoms. The summed E-state index contributed by atoms with van der Waals surface area (Å²) in [6.45, 7) is 0.